The van der Waals surface area contributed by atoms with Crippen LogP contribution in [0.3, 0.4) is 0 Å². The summed E-state index contributed by atoms with van der Waals surface area (Å²) in [6, 6.07) is 73.5. The second-order valence-electron chi connectivity index (χ2n) is 31.4. The van der Waals surface area contributed by atoms with Crippen LogP contribution >= 0.6 is 0 Å². The van der Waals surface area contributed by atoms with E-state index in [2.05, 4.69) is 49.1 Å². The lowest BCUT2D eigenvalue weighted by atomic mass is 9.90. The average molecular weight is 1680 g/mol. The molecule has 0 radical (unpaired) electrons. The Morgan fingerprint density at radius 3 is 1.21 bits per heavy atom. The maximum Gasteiger partial charge on any atom is 0.335 e. The fourth-order valence-corrected chi connectivity index (χ4v) is 12.2. The SMILES string of the molecule is CC(=O)O.CC(C)(O)C(=O)Nc1c(N)cc(OCc2ccccc2)c2ccccc12.CC(C)(O)C(=O)O.CC(C)(O)c1nc2c([nH]1)C(=O)C(=O)c1ccccc1-2.CC(C)(O)c1nc2c(cc(O)c3ccccc32)[nH]1.CC(C)(O)c1nc2c(cc(OCc3ccccc3)c3ccccc32)[nH]1.CCC.Nc1c([N+](=O)[O-])cc(OCc2ccccc2)c2ccccc12. The van der Waals surface area contributed by atoms with Gasteiger partial charge in [-0.15, -0.1) is 0 Å². The number of carbonyl (C=O) groups is 5. The Labute approximate surface area is 715 Å². The van der Waals surface area contributed by atoms with Crippen LogP contribution in [0.1, 0.15) is 151 Å². The van der Waals surface area contributed by atoms with Gasteiger partial charge < -0.3 is 86.8 Å². The van der Waals surface area contributed by atoms with Gasteiger partial charge in [0.25, 0.3) is 23.3 Å². The number of phenolic OH excluding ortho intramolecular Hbond substituents is 1. The topological polar surface area (TPSA) is 468 Å². The van der Waals surface area contributed by atoms with Crippen molar-refractivity contribution in [3.05, 3.63) is 292 Å². The lowest BCUT2D eigenvalue weighted by molar-refractivity contribution is -0.383. The minimum atomic E-state index is -1.58. The molecule has 1 aliphatic rings. The lowest BCUT2D eigenvalue weighted by Gasteiger charge is -2.20. The van der Waals surface area contributed by atoms with Crippen molar-refractivity contribution in [1.82, 2.24) is 29.9 Å². The molecule has 0 saturated heterocycles. The molecule has 0 fully saturated rings. The first kappa shape index (κ1) is 93.4. The highest BCUT2D eigenvalue weighted by atomic mass is 16.6. The number of ketones is 2. The van der Waals surface area contributed by atoms with Gasteiger partial charge in [0.1, 0.15) is 99.8 Å². The first-order valence-electron chi connectivity index (χ1n) is 39.4. The van der Waals surface area contributed by atoms with Crippen molar-refractivity contribution in [2.75, 3.05) is 16.8 Å². The third-order valence-electron chi connectivity index (χ3n) is 18.5. The summed E-state index contributed by atoms with van der Waals surface area (Å²) in [6.45, 7) is 21.8. The molecule has 644 valence electrons. The number of phenols is 1. The average Bonchev–Trinajstić information content (AvgIpc) is 1.59. The van der Waals surface area contributed by atoms with Crippen molar-refractivity contribution in [3.63, 3.8) is 0 Å². The summed E-state index contributed by atoms with van der Waals surface area (Å²) in [5.41, 5.74) is 14.5. The Hall–Kier alpha value is -14.4. The number of carboxylic acids is 2. The van der Waals surface area contributed by atoms with Gasteiger partial charge in [-0.3, -0.25) is 29.3 Å². The number of aliphatic hydroxyl groups is 5. The number of imidazole rings is 3. The zero-order valence-electron chi connectivity index (χ0n) is 70.9. The molecular formula is C96H102N10O18. The molecule has 0 atom stereocenters. The maximum absolute atomic E-state index is 12.2. The van der Waals surface area contributed by atoms with Crippen LogP contribution in [0, 0.1) is 10.1 Å². The second-order valence-corrected chi connectivity index (χ2v) is 31.4. The monoisotopic (exact) mass is 1680 g/mol. The van der Waals surface area contributed by atoms with Gasteiger partial charge in [0.15, 0.2) is 5.60 Å². The number of aromatic hydroxyl groups is 1. The van der Waals surface area contributed by atoms with Gasteiger partial charge >= 0.3 is 5.97 Å². The number of amides is 1. The normalized spacial score (nSPS) is 11.6. The van der Waals surface area contributed by atoms with Gasteiger partial charge in [-0.25, -0.2) is 19.7 Å². The van der Waals surface area contributed by atoms with Crippen LogP contribution in [0.4, 0.5) is 22.7 Å². The molecule has 3 heterocycles. The third-order valence-corrected chi connectivity index (χ3v) is 18.5. The summed E-state index contributed by atoms with van der Waals surface area (Å²) >= 11 is 0. The number of Topliss-reactive ketones (excluding diaryl/α,β-unsaturated/α-hetero) is 2. The van der Waals surface area contributed by atoms with E-state index in [1.807, 2.05) is 182 Å². The van der Waals surface area contributed by atoms with Crippen LogP contribution in [-0.2, 0) is 51.0 Å². The molecule has 16 rings (SSSR count). The number of nitro groups is 1. The number of nitrogens with two attached hydrogens (primary N) is 2. The number of hydrogen-bond acceptors (Lipinski definition) is 21. The van der Waals surface area contributed by atoms with Crippen molar-refractivity contribution in [3.8, 4) is 34.3 Å². The second kappa shape index (κ2) is 40.3. The predicted molar refractivity (Wildman–Crippen MR) is 481 cm³/mol. The molecule has 1 amide bonds. The molecule has 3 aromatic heterocycles. The zero-order chi connectivity index (χ0) is 90.8. The Morgan fingerprint density at radius 2 is 0.790 bits per heavy atom. The molecule has 12 aromatic carbocycles. The molecule has 15 aromatic rings. The third kappa shape index (κ3) is 24.0. The summed E-state index contributed by atoms with van der Waals surface area (Å²) in [6.07, 6.45) is 1.25. The number of rotatable bonds is 16. The molecule has 16 N–H and O–H groups in total. The van der Waals surface area contributed by atoms with E-state index in [1.165, 1.54) is 40.2 Å². The van der Waals surface area contributed by atoms with Crippen molar-refractivity contribution >= 4 is 117 Å². The molecule has 124 heavy (non-hydrogen) atoms. The zero-order valence-corrected chi connectivity index (χ0v) is 70.9. The van der Waals surface area contributed by atoms with E-state index in [-0.39, 0.29) is 28.6 Å². The molecule has 0 saturated carbocycles. The summed E-state index contributed by atoms with van der Waals surface area (Å²) in [5.74, 6) is -0.285. The van der Waals surface area contributed by atoms with E-state index in [0.717, 1.165) is 89.1 Å². The van der Waals surface area contributed by atoms with Gasteiger partial charge in [-0.1, -0.05) is 233 Å². The van der Waals surface area contributed by atoms with Gasteiger partial charge in [0.05, 0.1) is 44.4 Å². The molecule has 0 unspecified atom stereocenters. The molecule has 28 nitrogen and oxygen atoms in total. The van der Waals surface area contributed by atoms with Crippen molar-refractivity contribution < 1.29 is 84.0 Å². The molecular weight excluding hydrogens is 1580 g/mol. The van der Waals surface area contributed by atoms with E-state index in [1.54, 1.807) is 90.1 Å². The predicted octanol–water partition coefficient (Wildman–Crippen LogP) is 17.8. The molecule has 0 aliphatic heterocycles. The number of anilines is 3. The minimum Gasteiger partial charge on any atom is -0.507 e. The van der Waals surface area contributed by atoms with Crippen LogP contribution in [-0.4, -0.2) is 116 Å². The molecule has 28 heteroatoms. The van der Waals surface area contributed by atoms with Gasteiger partial charge in [0, 0.05) is 79.3 Å². The number of H-pyrrole nitrogens is 3. The van der Waals surface area contributed by atoms with E-state index < -0.39 is 62.3 Å². The fourth-order valence-electron chi connectivity index (χ4n) is 12.2. The standard InChI is InChI=1S/C21H22N2O3.C21H20N2O2.C17H14N2O3.C14H12N2O3.C14H14N2O2.C4H8O3.C3H8.C2H4O2/c1-21(2,25)20(24)23-19-16-11-7-6-10-15(16)18(12-17(19)22)26-13-14-8-4-3-5-9-14;1-21(2,24)20-22-17-12-18(25-13-14-8-4-3-5-9-14)15-10-6-7-11-16(15)19(17)23-20;18-17-14-9-5-4-8-13(14)16(10-15(17)19(20)21)22-11-12-6-2-1-3-7-12;1-14(2,19)13-15-9-7-5-3-4-6-8(7)11(17)12(18)10(9)16-13;1-14(2,18)13-15-10-7-11(17)8-5-3-4-6-9(8)12(10)16-13;1-4(2,7)3(5)6;1-3-2;1-2(3)4/h3-12,25H,13,22H2,1-2H3,(H,23,24);3-12,24H,13H2,1-2H3,(H,22,23);1-10H,11,18H2;3-6,19H,1-2H3,(H,15,16);3-7,17-18H,1-2H3,(H,15,16);7H,1-2H3,(H,5,6);3H2,1-2H3;1H3,(H,3,4). The van der Waals surface area contributed by atoms with Crippen LogP contribution in [0.5, 0.6) is 23.0 Å². The van der Waals surface area contributed by atoms with Gasteiger partial charge in [-0.2, -0.15) is 0 Å². The van der Waals surface area contributed by atoms with Gasteiger partial charge in [-0.05, 0) is 85.9 Å². The summed E-state index contributed by atoms with van der Waals surface area (Å²) in [4.78, 5) is 88.0. The number of nitrogens with zero attached hydrogens (tertiary/aromatic N) is 4. The number of nitrogen functional groups attached to an aromatic ring is 2. The minimum absolute atomic E-state index is 0.137. The van der Waals surface area contributed by atoms with Crippen LogP contribution in [0.15, 0.2) is 237 Å². The Bertz CT molecular complexity index is 6290. The number of carbonyl (C=O) groups excluding carboxylic acids is 3. The number of carboxylic acid groups (broad SMARTS) is 2. The van der Waals surface area contributed by atoms with Crippen molar-refractivity contribution in [2.24, 2.45) is 0 Å². The Kier molecular flexibility index (Phi) is 30.4. The number of aromatic amines is 3. The smallest absolute Gasteiger partial charge is 0.335 e. The molecule has 0 spiro atoms. The number of nitro benzene ring substituents is 1. The Morgan fingerprint density at radius 1 is 0.452 bits per heavy atom. The highest BCUT2D eigenvalue weighted by Gasteiger charge is 2.36. The van der Waals surface area contributed by atoms with Crippen LogP contribution in [0.25, 0.3) is 76.4 Å². The van der Waals surface area contributed by atoms with E-state index in [9.17, 15) is 54.8 Å². The van der Waals surface area contributed by atoms with Crippen molar-refractivity contribution in [2.45, 2.75) is 144 Å². The lowest BCUT2D eigenvalue weighted by Crippen LogP contribution is -2.36. The number of ether oxygens (including phenoxy) is 3. The van der Waals surface area contributed by atoms with Gasteiger partial charge in [0.2, 0.25) is 5.78 Å². The number of benzene rings is 12. The molecule has 1 aliphatic carbocycles. The van der Waals surface area contributed by atoms with E-state index in [0.29, 0.717) is 76.6 Å². The number of aliphatic carboxylic acids is 2. The largest absolute Gasteiger partial charge is 0.507 e. The first-order valence-corrected chi connectivity index (χ1v) is 39.4. The van der Waals surface area contributed by atoms with E-state index >= 15 is 0 Å². The highest BCUT2D eigenvalue weighted by molar-refractivity contribution is 6.52. The summed E-state index contributed by atoms with van der Waals surface area (Å²) in [5, 5.41) is 94.5. The van der Waals surface area contributed by atoms with Crippen LogP contribution < -0.4 is 31.0 Å². The molecule has 0 bridgehead atoms. The number of nitrogens with one attached hydrogen (secondary N) is 4. The Balaban J connectivity index is 0.000000170. The van der Waals surface area contributed by atoms with Crippen LogP contribution in [0.2, 0.25) is 0 Å². The quantitative estimate of drug-likeness (QED) is 0.0185. The van der Waals surface area contributed by atoms with Crippen molar-refractivity contribution in [1.29, 1.82) is 0 Å². The fraction of sp³-hybridized carbons (Fsp3) is 0.229. The maximum atomic E-state index is 12.2. The number of fused-ring (bicyclic) bond motifs is 11. The number of aromatic nitrogens is 6. The summed E-state index contributed by atoms with van der Waals surface area (Å²) < 4.78 is 17.9. The summed E-state index contributed by atoms with van der Waals surface area (Å²) in [7, 11) is 0. The first-order chi connectivity index (χ1) is 58.5. The highest BCUT2D eigenvalue weighted by Crippen LogP contribution is 2.42. The number of hydrogen-bond donors (Lipinski definition) is 14. The van der Waals surface area contributed by atoms with E-state index in [4.69, 9.17) is 45.8 Å².